The monoisotopic (exact) mass is 244 g/mol. The molecule has 1 aromatic heterocycles. The van der Waals surface area contributed by atoms with Crippen LogP contribution in [0.1, 0.15) is 25.0 Å². The first-order valence-electron chi connectivity index (χ1n) is 5.97. The molecule has 4 heteroatoms. The van der Waals surface area contributed by atoms with Gasteiger partial charge in [-0.15, -0.1) is 0 Å². The lowest BCUT2D eigenvalue weighted by atomic mass is 10.0. The van der Waals surface area contributed by atoms with Crippen LogP contribution < -0.4 is 10.6 Å². The van der Waals surface area contributed by atoms with Crippen molar-refractivity contribution >= 4 is 29.4 Å². The van der Waals surface area contributed by atoms with E-state index >= 15 is 0 Å². The van der Waals surface area contributed by atoms with Gasteiger partial charge < -0.3 is 16.0 Å². The second-order valence-corrected chi connectivity index (χ2v) is 3.68. The maximum absolute atomic E-state index is 7.46. The zero-order chi connectivity index (χ0) is 13.5. The Morgan fingerprint density at radius 2 is 2.28 bits per heavy atom. The Morgan fingerprint density at radius 1 is 1.56 bits per heavy atom. The minimum Gasteiger partial charge on any atom is -0.384 e. The third kappa shape index (κ3) is 2.59. The van der Waals surface area contributed by atoms with Crippen LogP contribution in [0.3, 0.4) is 0 Å². The van der Waals surface area contributed by atoms with E-state index in [2.05, 4.69) is 22.2 Å². The summed E-state index contributed by atoms with van der Waals surface area (Å²) in [5, 5.41) is 13.8. The molecule has 0 atom stereocenters. The topological polar surface area (TPSA) is 60.8 Å². The molecular weight excluding hydrogens is 224 g/mol. The second kappa shape index (κ2) is 6.59. The smallest absolute Gasteiger partial charge is 0.135 e. The first-order valence-corrected chi connectivity index (χ1v) is 5.97. The maximum atomic E-state index is 7.46. The average molecular weight is 244 g/mol. The summed E-state index contributed by atoms with van der Waals surface area (Å²) in [6.07, 6.45) is 6.79. The lowest BCUT2D eigenvalue weighted by Crippen LogP contribution is -2.07. The van der Waals surface area contributed by atoms with Crippen molar-refractivity contribution < 1.29 is 0 Å². The highest BCUT2D eigenvalue weighted by Gasteiger charge is 2.13. The zero-order valence-corrected chi connectivity index (χ0v) is 11.2. The van der Waals surface area contributed by atoms with E-state index in [4.69, 9.17) is 5.41 Å². The molecule has 1 rings (SSSR count). The number of pyridine rings is 1. The summed E-state index contributed by atoms with van der Waals surface area (Å²) in [5.41, 5.74) is 3.65. The molecule has 0 saturated heterocycles. The van der Waals surface area contributed by atoms with Gasteiger partial charge in [-0.05, 0) is 19.4 Å². The van der Waals surface area contributed by atoms with Crippen molar-refractivity contribution in [3.8, 4) is 0 Å². The second-order valence-electron chi connectivity index (χ2n) is 3.68. The van der Waals surface area contributed by atoms with E-state index in [9.17, 15) is 0 Å². The molecule has 0 unspecified atom stereocenters. The molecule has 0 aromatic carbocycles. The minimum absolute atomic E-state index is 0.783. The molecule has 0 saturated carbocycles. The molecule has 0 spiro atoms. The molecule has 0 bridgehead atoms. The number of aromatic nitrogens is 1. The van der Waals surface area contributed by atoms with Crippen molar-refractivity contribution in [3.63, 3.8) is 0 Å². The Bertz CT molecular complexity index is 475. The van der Waals surface area contributed by atoms with Crippen LogP contribution in [0, 0.1) is 5.41 Å². The average Bonchev–Trinajstić information content (AvgIpc) is 2.41. The van der Waals surface area contributed by atoms with E-state index in [-0.39, 0.29) is 0 Å². The molecule has 18 heavy (non-hydrogen) atoms. The van der Waals surface area contributed by atoms with Gasteiger partial charge in [-0.1, -0.05) is 18.7 Å². The Morgan fingerprint density at radius 3 is 2.72 bits per heavy atom. The molecule has 1 aromatic rings. The van der Waals surface area contributed by atoms with Gasteiger partial charge in [-0.2, -0.15) is 0 Å². The number of hydrogen-bond donors (Lipinski definition) is 3. The molecule has 0 aliphatic carbocycles. The predicted octanol–water partition coefficient (Wildman–Crippen LogP) is 3.25. The molecule has 96 valence electrons. The molecular formula is C14H20N4. The fraction of sp³-hybridized carbons (Fsp3) is 0.286. The molecule has 0 amide bonds. The summed E-state index contributed by atoms with van der Waals surface area (Å²) in [5.74, 6) is 0.783. The normalized spacial score (nSPS) is 10.9. The fourth-order valence-electron chi connectivity index (χ4n) is 1.83. The SMILES string of the molecule is C=Cc1c(NC)ncc(/C(C=N)=C\C)c1NCC. The molecule has 0 aliphatic rings. The minimum atomic E-state index is 0.783. The first-order chi connectivity index (χ1) is 8.73. The quantitative estimate of drug-likeness (QED) is 0.673. The van der Waals surface area contributed by atoms with Gasteiger partial charge in [0.15, 0.2) is 0 Å². The van der Waals surface area contributed by atoms with E-state index in [1.54, 1.807) is 12.3 Å². The van der Waals surface area contributed by atoms with Crippen molar-refractivity contribution in [2.45, 2.75) is 13.8 Å². The highest BCUT2D eigenvalue weighted by atomic mass is 15.0. The Kier molecular flexibility index (Phi) is 5.11. The lowest BCUT2D eigenvalue weighted by Gasteiger charge is -2.16. The molecule has 0 aliphatic heterocycles. The summed E-state index contributed by atoms with van der Waals surface area (Å²) in [6.45, 7) is 8.59. The lowest BCUT2D eigenvalue weighted by molar-refractivity contribution is 1.18. The van der Waals surface area contributed by atoms with E-state index in [1.165, 1.54) is 6.21 Å². The van der Waals surface area contributed by atoms with E-state index in [1.807, 2.05) is 27.0 Å². The van der Waals surface area contributed by atoms with Crippen LogP contribution in [-0.4, -0.2) is 24.8 Å². The van der Waals surface area contributed by atoms with Crippen molar-refractivity contribution in [3.05, 3.63) is 30.0 Å². The fourth-order valence-corrected chi connectivity index (χ4v) is 1.83. The Balaban J connectivity index is 3.52. The summed E-state index contributed by atoms with van der Waals surface area (Å²) in [6, 6.07) is 0. The van der Waals surface area contributed by atoms with Crippen LogP contribution in [0.4, 0.5) is 11.5 Å². The number of anilines is 2. The third-order valence-electron chi connectivity index (χ3n) is 2.69. The van der Waals surface area contributed by atoms with Gasteiger partial charge in [0, 0.05) is 37.1 Å². The number of hydrogen-bond acceptors (Lipinski definition) is 4. The Labute approximate surface area is 108 Å². The van der Waals surface area contributed by atoms with E-state index in [0.717, 1.165) is 34.8 Å². The van der Waals surface area contributed by atoms with Crippen LogP contribution in [0.15, 0.2) is 18.9 Å². The summed E-state index contributed by atoms with van der Waals surface area (Å²) in [4.78, 5) is 4.36. The highest BCUT2D eigenvalue weighted by molar-refractivity contribution is 6.11. The maximum Gasteiger partial charge on any atom is 0.135 e. The zero-order valence-electron chi connectivity index (χ0n) is 11.2. The van der Waals surface area contributed by atoms with Crippen molar-refractivity contribution in [2.75, 3.05) is 24.2 Å². The van der Waals surface area contributed by atoms with Gasteiger partial charge in [0.1, 0.15) is 5.82 Å². The number of rotatable bonds is 6. The number of nitrogens with one attached hydrogen (secondary N) is 3. The molecule has 1 heterocycles. The standard InChI is InChI=1S/C14H20N4/c1-5-10(8-15)12-9-18-14(16-4)11(6-2)13(12)17-7-3/h5-6,8-9,15H,2,7H2,1,3-4H3,(H2,16,17,18)/b10-5-,15-8?. The van der Waals surface area contributed by atoms with Crippen LogP contribution in [0.2, 0.25) is 0 Å². The highest BCUT2D eigenvalue weighted by Crippen LogP contribution is 2.31. The van der Waals surface area contributed by atoms with Gasteiger partial charge in [-0.3, -0.25) is 0 Å². The van der Waals surface area contributed by atoms with Gasteiger partial charge in [0.2, 0.25) is 0 Å². The van der Waals surface area contributed by atoms with Gasteiger partial charge in [0.25, 0.3) is 0 Å². The van der Waals surface area contributed by atoms with Gasteiger partial charge >= 0.3 is 0 Å². The Hall–Kier alpha value is -2.10. The largest absolute Gasteiger partial charge is 0.384 e. The van der Waals surface area contributed by atoms with Gasteiger partial charge in [0.05, 0.1) is 5.69 Å². The number of allylic oxidation sites excluding steroid dienone is 2. The van der Waals surface area contributed by atoms with Crippen LogP contribution in [-0.2, 0) is 0 Å². The van der Waals surface area contributed by atoms with Crippen LogP contribution in [0.25, 0.3) is 11.6 Å². The van der Waals surface area contributed by atoms with Crippen molar-refractivity contribution in [2.24, 2.45) is 0 Å². The van der Waals surface area contributed by atoms with Gasteiger partial charge in [-0.25, -0.2) is 4.98 Å². The van der Waals surface area contributed by atoms with Crippen molar-refractivity contribution in [1.82, 2.24) is 4.98 Å². The van der Waals surface area contributed by atoms with E-state index < -0.39 is 0 Å². The summed E-state index contributed by atoms with van der Waals surface area (Å²) in [7, 11) is 1.83. The molecule has 3 N–H and O–H groups in total. The van der Waals surface area contributed by atoms with Crippen LogP contribution >= 0.6 is 0 Å². The van der Waals surface area contributed by atoms with Crippen LogP contribution in [0.5, 0.6) is 0 Å². The first kappa shape index (κ1) is 14.0. The number of nitrogens with zero attached hydrogens (tertiary/aromatic N) is 1. The third-order valence-corrected chi connectivity index (χ3v) is 2.69. The summed E-state index contributed by atoms with van der Waals surface area (Å²) < 4.78 is 0. The van der Waals surface area contributed by atoms with Crippen molar-refractivity contribution in [1.29, 1.82) is 5.41 Å². The summed E-state index contributed by atoms with van der Waals surface area (Å²) >= 11 is 0. The molecule has 0 fully saturated rings. The molecule has 4 nitrogen and oxygen atoms in total. The van der Waals surface area contributed by atoms with E-state index in [0.29, 0.717) is 0 Å². The predicted molar refractivity (Wildman–Crippen MR) is 80.5 cm³/mol. The molecule has 0 radical (unpaired) electrons.